The number of nitrogens with one attached hydrogen (secondary N) is 3. The number of aliphatic hydroxyl groups excluding tert-OH is 5. The fourth-order valence-corrected chi connectivity index (χ4v) is 4.47. The highest BCUT2D eigenvalue weighted by atomic mass is 16.4. The third-order valence-corrected chi connectivity index (χ3v) is 7.01. The van der Waals surface area contributed by atoms with Gasteiger partial charge in [-0.05, 0) is 56.1 Å². The third kappa shape index (κ3) is 10.0. The number of carbonyl (C=O) groups excluding carboxylic acids is 1. The van der Waals surface area contributed by atoms with E-state index in [1.165, 1.54) is 17.7 Å². The van der Waals surface area contributed by atoms with E-state index in [2.05, 4.69) is 32.7 Å². The highest BCUT2D eigenvalue weighted by Crippen LogP contribution is 2.24. The molecule has 1 heterocycles. The Morgan fingerprint density at radius 3 is 2.18 bits per heavy atom. The van der Waals surface area contributed by atoms with Gasteiger partial charge in [0.25, 0.3) is 5.91 Å². The van der Waals surface area contributed by atoms with Gasteiger partial charge in [-0.3, -0.25) is 4.79 Å². The van der Waals surface area contributed by atoms with Crippen LogP contribution in [0.4, 0.5) is 5.69 Å². The summed E-state index contributed by atoms with van der Waals surface area (Å²) in [6, 6.07) is 24.1. The van der Waals surface area contributed by atoms with Crippen molar-refractivity contribution in [2.24, 2.45) is 0 Å². The molecule has 240 valence electrons. The fraction of sp³-hybridized carbons (Fsp3) is 0.303. The Morgan fingerprint density at radius 2 is 1.53 bits per heavy atom. The average Bonchev–Trinajstić information content (AvgIpc) is 3.48. The summed E-state index contributed by atoms with van der Waals surface area (Å²) in [4.78, 5) is 32.3. The summed E-state index contributed by atoms with van der Waals surface area (Å²) < 4.78 is 0. The van der Waals surface area contributed by atoms with Crippen molar-refractivity contribution >= 4 is 17.6 Å². The van der Waals surface area contributed by atoms with E-state index in [0.717, 1.165) is 23.2 Å². The normalized spacial score (nSPS) is 13.6. The first-order valence-electron chi connectivity index (χ1n) is 14.4. The van der Waals surface area contributed by atoms with Gasteiger partial charge in [-0.1, -0.05) is 60.7 Å². The molecule has 0 aliphatic heterocycles. The van der Waals surface area contributed by atoms with E-state index in [1.54, 1.807) is 19.2 Å². The molecule has 0 unspecified atom stereocenters. The molecule has 12 nitrogen and oxygen atoms in total. The number of aromatic carboxylic acids is 1. The Balaban J connectivity index is 0.000000360. The number of H-pyrrole nitrogens is 1. The van der Waals surface area contributed by atoms with Crippen LogP contribution in [0.3, 0.4) is 0 Å². The first-order valence-corrected chi connectivity index (χ1v) is 14.4. The summed E-state index contributed by atoms with van der Waals surface area (Å²) >= 11 is 0. The van der Waals surface area contributed by atoms with Crippen molar-refractivity contribution in [1.29, 1.82) is 0 Å². The lowest BCUT2D eigenvalue weighted by molar-refractivity contribution is -0.113. The number of hydrogen-bond acceptors (Lipinski definition) is 9. The molecule has 1 amide bonds. The summed E-state index contributed by atoms with van der Waals surface area (Å²) in [7, 11) is 1.57. The Bertz CT molecular complexity index is 1530. The minimum Gasteiger partial charge on any atom is -0.478 e. The van der Waals surface area contributed by atoms with E-state index in [9.17, 15) is 19.8 Å². The minimum atomic E-state index is -1.55. The summed E-state index contributed by atoms with van der Waals surface area (Å²) in [6.07, 6.45) is -4.28. The number of aryl methyl sites for hydroxylation is 3. The maximum absolute atomic E-state index is 13.1. The van der Waals surface area contributed by atoms with Crippen molar-refractivity contribution in [2.75, 3.05) is 25.5 Å². The summed E-state index contributed by atoms with van der Waals surface area (Å²) in [5.74, 6) is -0.798. The first-order chi connectivity index (χ1) is 21.5. The molecule has 0 aliphatic rings. The van der Waals surface area contributed by atoms with E-state index in [0.29, 0.717) is 23.6 Å². The van der Waals surface area contributed by atoms with E-state index >= 15 is 0 Å². The average molecular weight is 621 g/mol. The van der Waals surface area contributed by atoms with Crippen LogP contribution >= 0.6 is 0 Å². The molecule has 9 N–H and O–H groups in total. The number of aliphatic hydroxyl groups is 5. The second-order valence-corrected chi connectivity index (χ2v) is 10.4. The second-order valence-electron chi connectivity index (χ2n) is 10.4. The van der Waals surface area contributed by atoms with Crippen molar-refractivity contribution in [3.8, 4) is 11.4 Å². The van der Waals surface area contributed by atoms with Crippen LogP contribution in [0.15, 0.2) is 78.9 Å². The molecule has 1 aromatic heterocycles. The number of carboxylic acids is 1. The van der Waals surface area contributed by atoms with Gasteiger partial charge in [0.15, 0.2) is 0 Å². The number of anilines is 1. The summed E-state index contributed by atoms with van der Waals surface area (Å²) in [6.45, 7) is 1.43. The molecule has 3 aromatic carbocycles. The van der Waals surface area contributed by atoms with Crippen LogP contribution in [0.2, 0.25) is 0 Å². The number of nitrogens with zero attached hydrogens (tertiary/aromatic N) is 1. The molecule has 45 heavy (non-hydrogen) atoms. The van der Waals surface area contributed by atoms with Crippen LogP contribution < -0.4 is 10.6 Å². The van der Waals surface area contributed by atoms with Gasteiger partial charge in [-0.2, -0.15) is 0 Å². The van der Waals surface area contributed by atoms with Crippen LogP contribution in [0.5, 0.6) is 0 Å². The van der Waals surface area contributed by atoms with Crippen molar-refractivity contribution in [1.82, 2.24) is 15.3 Å². The largest absolute Gasteiger partial charge is 0.478 e. The highest BCUT2D eigenvalue weighted by Gasteiger charge is 2.29. The van der Waals surface area contributed by atoms with Gasteiger partial charge < -0.3 is 46.3 Å². The second kappa shape index (κ2) is 17.2. The fourth-order valence-electron chi connectivity index (χ4n) is 4.47. The molecule has 0 aliphatic carbocycles. The monoisotopic (exact) mass is 620 g/mol. The van der Waals surface area contributed by atoms with E-state index in [1.807, 2.05) is 49.4 Å². The molecule has 0 bridgehead atoms. The molecule has 4 atom stereocenters. The number of rotatable bonds is 13. The lowest BCUT2D eigenvalue weighted by Gasteiger charge is -2.25. The van der Waals surface area contributed by atoms with Crippen molar-refractivity contribution < 1.29 is 40.2 Å². The lowest BCUT2D eigenvalue weighted by atomic mass is 10.0. The number of amides is 1. The molecule has 0 radical (unpaired) electrons. The van der Waals surface area contributed by atoms with Crippen LogP contribution in [-0.4, -0.2) is 97.1 Å². The zero-order valence-corrected chi connectivity index (χ0v) is 25.1. The number of imidazole rings is 1. The maximum atomic E-state index is 13.1. The van der Waals surface area contributed by atoms with Crippen LogP contribution in [0.25, 0.3) is 11.4 Å². The molecule has 0 saturated heterocycles. The minimum absolute atomic E-state index is 0.0936. The van der Waals surface area contributed by atoms with Gasteiger partial charge in [0, 0.05) is 23.5 Å². The van der Waals surface area contributed by atoms with Crippen LogP contribution in [0.1, 0.15) is 37.7 Å². The number of hydrogen-bond donors (Lipinski definition) is 9. The zero-order valence-electron chi connectivity index (χ0n) is 25.1. The molecular weight excluding hydrogens is 580 g/mol. The van der Waals surface area contributed by atoms with Crippen molar-refractivity contribution in [2.45, 2.75) is 44.2 Å². The quantitative estimate of drug-likeness (QED) is 0.106. The number of benzene rings is 3. The predicted molar refractivity (Wildman–Crippen MR) is 169 cm³/mol. The van der Waals surface area contributed by atoms with Gasteiger partial charge in [-0.15, -0.1) is 0 Å². The maximum Gasteiger partial charge on any atom is 0.335 e. The zero-order chi connectivity index (χ0) is 32.9. The topological polar surface area (TPSA) is 208 Å². The van der Waals surface area contributed by atoms with Crippen LogP contribution in [0, 0.1) is 6.92 Å². The third-order valence-electron chi connectivity index (χ3n) is 7.01. The van der Waals surface area contributed by atoms with Crippen molar-refractivity contribution in [3.63, 3.8) is 0 Å². The molecular formula is C33H40N4O8. The van der Waals surface area contributed by atoms with Gasteiger partial charge in [-0.25, -0.2) is 9.78 Å². The molecule has 0 spiro atoms. The number of aromatic nitrogens is 2. The standard InChI is InChI=1S/C26H23N3O3.C7H17NO5/c1-17-8-5-6-13-21(17)24-28-22(15-14-18-9-3-2-4-10-18)23(29-24)25(30)27-20-12-7-11-19(16-20)26(31)32;1-8-2-4(10)6(12)7(13)5(11)3-9/h2-13,16H,14-15H2,1H3,(H,27,30)(H,28,29)(H,31,32);4-13H,2-3H2,1H3/t;4-,5+,6+,7+/m.0/s1. The number of carbonyl (C=O) groups is 2. The molecule has 4 aromatic rings. The smallest absolute Gasteiger partial charge is 0.335 e. The van der Waals surface area contributed by atoms with Gasteiger partial charge in [0.1, 0.15) is 29.8 Å². The molecule has 4 rings (SSSR count). The van der Waals surface area contributed by atoms with Crippen molar-refractivity contribution in [3.05, 3.63) is 107 Å². The van der Waals surface area contributed by atoms with E-state index in [-0.39, 0.29) is 18.0 Å². The van der Waals surface area contributed by atoms with Crippen LogP contribution in [-0.2, 0) is 12.8 Å². The highest BCUT2D eigenvalue weighted by molar-refractivity contribution is 6.04. The predicted octanol–water partition coefficient (Wildman–Crippen LogP) is 1.76. The SMILES string of the molecule is CNC[C@H](O)[C@@H](O)[C@H](O)[C@H](O)CO.Cc1ccccc1-c1nc(C(=O)Nc2cccc(C(=O)O)c2)c(CCc2ccccc2)[nH]1. The summed E-state index contributed by atoms with van der Waals surface area (Å²) in [5, 5.41) is 59.5. The number of carboxylic acid groups (broad SMARTS) is 1. The van der Waals surface area contributed by atoms with Gasteiger partial charge in [0.05, 0.1) is 18.3 Å². The lowest BCUT2D eigenvalue weighted by Crippen LogP contribution is -2.48. The Hall–Kier alpha value is -4.43. The summed E-state index contributed by atoms with van der Waals surface area (Å²) in [5.41, 5.74) is 4.70. The Morgan fingerprint density at radius 1 is 0.867 bits per heavy atom. The first kappa shape index (κ1) is 35.1. The van der Waals surface area contributed by atoms with Gasteiger partial charge >= 0.3 is 5.97 Å². The van der Waals surface area contributed by atoms with E-state index in [4.69, 9.17) is 20.4 Å². The number of likely N-dealkylation sites (N-methyl/N-ethyl adjacent to an activating group) is 1. The molecule has 0 fully saturated rings. The van der Waals surface area contributed by atoms with E-state index < -0.39 is 37.0 Å². The Labute approximate surface area is 261 Å². The number of aromatic amines is 1. The Kier molecular flexibility index (Phi) is 13.4. The van der Waals surface area contributed by atoms with Gasteiger partial charge in [0.2, 0.25) is 0 Å². The molecule has 12 heteroatoms. The molecule has 0 saturated carbocycles.